The summed E-state index contributed by atoms with van der Waals surface area (Å²) in [4.78, 5) is 10.6. The Morgan fingerprint density at radius 3 is 2.73 bits per heavy atom. The number of H-pyrrole nitrogens is 2. The minimum Gasteiger partial charge on any atom is -0.503 e. The summed E-state index contributed by atoms with van der Waals surface area (Å²) in [6.45, 7) is 1.30. The Kier molecular flexibility index (Phi) is 4.47. The molecular formula is C26H23N5O2. The molecule has 4 aromatic heterocycles. The van der Waals surface area contributed by atoms with Crippen LogP contribution < -0.4 is 0 Å². The van der Waals surface area contributed by atoms with Crippen LogP contribution in [0.3, 0.4) is 0 Å². The van der Waals surface area contributed by atoms with E-state index in [2.05, 4.69) is 21.0 Å². The molecule has 33 heavy (non-hydrogen) atoms. The number of hydrogen-bond acceptors (Lipinski definition) is 3. The summed E-state index contributed by atoms with van der Waals surface area (Å²) in [5.41, 5.74) is 5.23. The van der Waals surface area contributed by atoms with Crippen LogP contribution in [-0.2, 0) is 13.1 Å². The molecule has 0 amide bonds. The highest BCUT2D eigenvalue weighted by Gasteiger charge is 2.26. The number of benzene rings is 2. The minimum absolute atomic E-state index is 0.105. The fourth-order valence-corrected chi connectivity index (χ4v) is 4.67. The fraction of sp³-hybridized carbons (Fsp3) is 0.115. The Labute approximate surface area is 189 Å². The quantitative estimate of drug-likeness (QED) is 0.278. The molecule has 4 N–H and O–H groups in total. The van der Waals surface area contributed by atoms with Crippen LogP contribution in [0.1, 0.15) is 6.42 Å². The monoisotopic (exact) mass is 437 g/mol. The number of imidazole rings is 1. The average Bonchev–Trinajstić information content (AvgIpc) is 3.62. The van der Waals surface area contributed by atoms with Crippen molar-refractivity contribution in [3.8, 4) is 34.0 Å². The van der Waals surface area contributed by atoms with Gasteiger partial charge >= 0.3 is 0 Å². The van der Waals surface area contributed by atoms with Crippen molar-refractivity contribution in [1.82, 2.24) is 24.1 Å². The van der Waals surface area contributed by atoms with Crippen LogP contribution in [0.4, 0.5) is 0 Å². The Hall–Kier alpha value is -4.39. The molecule has 7 nitrogen and oxygen atoms in total. The number of nitrogens with zero attached hydrogens (tertiary/aromatic N) is 3. The number of hydrogen-bond donors (Lipinski definition) is 4. The van der Waals surface area contributed by atoms with E-state index < -0.39 is 0 Å². The third-order valence-electron chi connectivity index (χ3n) is 6.25. The first-order valence-electron chi connectivity index (χ1n) is 10.9. The van der Waals surface area contributed by atoms with Gasteiger partial charge in [-0.25, -0.2) is 4.98 Å². The maximum atomic E-state index is 11.1. The van der Waals surface area contributed by atoms with Crippen LogP contribution in [0.25, 0.3) is 44.2 Å². The first-order valence-corrected chi connectivity index (χ1v) is 10.9. The van der Waals surface area contributed by atoms with Crippen molar-refractivity contribution in [2.45, 2.75) is 19.5 Å². The fourth-order valence-electron chi connectivity index (χ4n) is 4.67. The van der Waals surface area contributed by atoms with Gasteiger partial charge in [-0.15, -0.1) is 0 Å². The van der Waals surface area contributed by atoms with E-state index in [-0.39, 0.29) is 11.6 Å². The van der Waals surface area contributed by atoms with Gasteiger partial charge < -0.3 is 29.3 Å². The number of aromatic nitrogens is 5. The summed E-state index contributed by atoms with van der Waals surface area (Å²) in [7, 11) is 0. The Bertz CT molecular complexity index is 1570. The Morgan fingerprint density at radius 1 is 0.939 bits per heavy atom. The summed E-state index contributed by atoms with van der Waals surface area (Å²) >= 11 is 0. The van der Waals surface area contributed by atoms with E-state index in [1.165, 1.54) is 0 Å². The molecule has 6 aromatic rings. The minimum atomic E-state index is -0.120. The van der Waals surface area contributed by atoms with Gasteiger partial charge in [-0.2, -0.15) is 0 Å². The highest BCUT2D eigenvalue weighted by Crippen LogP contribution is 2.49. The van der Waals surface area contributed by atoms with Crippen LogP contribution in [0.2, 0.25) is 0 Å². The topological polar surface area (TPSA) is 94.8 Å². The zero-order valence-corrected chi connectivity index (χ0v) is 17.9. The van der Waals surface area contributed by atoms with Gasteiger partial charge in [-0.1, -0.05) is 24.3 Å². The second-order valence-corrected chi connectivity index (χ2v) is 8.23. The Morgan fingerprint density at radius 2 is 1.85 bits per heavy atom. The molecule has 0 spiro atoms. The lowest BCUT2D eigenvalue weighted by molar-refractivity contribution is 0.369. The van der Waals surface area contributed by atoms with Gasteiger partial charge in [0, 0.05) is 65.2 Å². The smallest absolute Gasteiger partial charge is 0.235 e. The number of fused-ring (bicyclic) bond motifs is 2. The number of para-hydroxylation sites is 1. The van der Waals surface area contributed by atoms with Gasteiger partial charge in [0.15, 0.2) is 5.75 Å². The largest absolute Gasteiger partial charge is 0.503 e. The summed E-state index contributed by atoms with van der Waals surface area (Å²) in [6.07, 6.45) is 10.0. The van der Waals surface area contributed by atoms with Crippen molar-refractivity contribution in [2.75, 3.05) is 0 Å². The van der Waals surface area contributed by atoms with Crippen LogP contribution in [0, 0.1) is 0 Å². The van der Waals surface area contributed by atoms with Crippen molar-refractivity contribution in [3.05, 3.63) is 79.6 Å². The van der Waals surface area contributed by atoms with Crippen molar-refractivity contribution in [3.63, 3.8) is 0 Å². The Balaban J connectivity index is 1.53. The SMILES string of the molecule is Oc1c(-c2c[nH]c3ccccc23)c(-c2ccc3[nH]ccc3c2)n(CCCn2ccnc2)c1O. The lowest BCUT2D eigenvalue weighted by atomic mass is 9.99. The van der Waals surface area contributed by atoms with E-state index in [1.54, 1.807) is 12.5 Å². The highest BCUT2D eigenvalue weighted by molar-refractivity contribution is 6.02. The molecule has 2 aromatic carbocycles. The van der Waals surface area contributed by atoms with E-state index in [4.69, 9.17) is 0 Å². The molecule has 0 aliphatic rings. The van der Waals surface area contributed by atoms with Crippen molar-refractivity contribution < 1.29 is 10.2 Å². The van der Waals surface area contributed by atoms with Gasteiger partial charge in [0.2, 0.25) is 5.88 Å². The average molecular weight is 438 g/mol. The molecular weight excluding hydrogens is 414 g/mol. The standard InChI is InChI=1S/C26H23N5O2/c32-25-23(20-15-29-22-5-2-1-4-19(20)22)24(18-6-7-21-17(14-18)8-9-28-21)31(26(25)33)12-3-11-30-13-10-27-16-30/h1-2,4-10,13-16,28-29,32-33H,3,11-12H2. The van der Waals surface area contributed by atoms with Gasteiger partial charge in [0.1, 0.15) is 0 Å². The predicted molar refractivity (Wildman–Crippen MR) is 129 cm³/mol. The van der Waals surface area contributed by atoms with E-state index in [9.17, 15) is 10.2 Å². The van der Waals surface area contributed by atoms with Crippen LogP contribution in [0.15, 0.2) is 79.6 Å². The summed E-state index contributed by atoms with van der Waals surface area (Å²) in [5, 5.41) is 24.2. The lowest BCUT2D eigenvalue weighted by Gasteiger charge is -2.13. The molecule has 0 saturated carbocycles. The number of aromatic hydroxyl groups is 2. The van der Waals surface area contributed by atoms with Crippen molar-refractivity contribution in [2.24, 2.45) is 0 Å². The van der Waals surface area contributed by atoms with E-state index in [1.807, 2.05) is 70.2 Å². The zero-order valence-electron chi connectivity index (χ0n) is 17.9. The molecule has 4 heterocycles. The van der Waals surface area contributed by atoms with Crippen LogP contribution in [-0.4, -0.2) is 34.3 Å². The second-order valence-electron chi connectivity index (χ2n) is 8.23. The summed E-state index contributed by atoms with van der Waals surface area (Å²) in [6, 6.07) is 16.1. The molecule has 6 rings (SSSR count). The summed E-state index contributed by atoms with van der Waals surface area (Å²) < 4.78 is 3.82. The first kappa shape index (κ1) is 19.3. The number of nitrogens with one attached hydrogen (secondary N) is 2. The molecule has 0 unspecified atom stereocenters. The van der Waals surface area contributed by atoms with Gasteiger partial charge in [0.05, 0.1) is 17.6 Å². The van der Waals surface area contributed by atoms with Crippen LogP contribution >= 0.6 is 0 Å². The van der Waals surface area contributed by atoms with E-state index in [0.29, 0.717) is 12.1 Å². The third kappa shape index (κ3) is 3.17. The molecule has 0 aliphatic heterocycles. The first-order chi connectivity index (χ1) is 16.2. The molecule has 0 fully saturated rings. The molecule has 0 atom stereocenters. The lowest BCUT2D eigenvalue weighted by Crippen LogP contribution is -2.04. The summed E-state index contributed by atoms with van der Waals surface area (Å²) in [5.74, 6) is -0.225. The van der Waals surface area contributed by atoms with Crippen molar-refractivity contribution >= 4 is 21.8 Å². The number of aryl methyl sites for hydroxylation is 1. The van der Waals surface area contributed by atoms with Gasteiger partial charge in [-0.3, -0.25) is 0 Å². The zero-order chi connectivity index (χ0) is 22.4. The molecule has 7 heteroatoms. The number of aromatic amines is 2. The molecule has 0 saturated heterocycles. The molecule has 164 valence electrons. The maximum Gasteiger partial charge on any atom is 0.235 e. The molecule has 0 bridgehead atoms. The molecule has 0 aliphatic carbocycles. The van der Waals surface area contributed by atoms with E-state index in [0.717, 1.165) is 51.6 Å². The van der Waals surface area contributed by atoms with Gasteiger partial charge in [0.25, 0.3) is 0 Å². The van der Waals surface area contributed by atoms with E-state index >= 15 is 0 Å². The second kappa shape index (κ2) is 7.63. The van der Waals surface area contributed by atoms with Gasteiger partial charge in [-0.05, 0) is 36.2 Å². The van der Waals surface area contributed by atoms with Crippen LogP contribution in [0.5, 0.6) is 11.6 Å². The normalized spacial score (nSPS) is 11.6. The third-order valence-corrected chi connectivity index (χ3v) is 6.25. The maximum absolute atomic E-state index is 11.1. The highest BCUT2D eigenvalue weighted by atomic mass is 16.3. The predicted octanol–water partition coefficient (Wildman–Crippen LogP) is 5.48. The molecule has 0 radical (unpaired) electrons. The number of rotatable bonds is 6. The van der Waals surface area contributed by atoms with Crippen molar-refractivity contribution in [1.29, 1.82) is 0 Å².